The van der Waals surface area contributed by atoms with Crippen LogP contribution in [0.5, 0.6) is 0 Å². The predicted molar refractivity (Wildman–Crippen MR) is 80.8 cm³/mol. The Morgan fingerprint density at radius 1 is 1.30 bits per heavy atom. The van der Waals surface area contributed by atoms with E-state index in [1.54, 1.807) is 0 Å². The smallest absolute Gasteiger partial charge is 0.234 e. The molecule has 2 fully saturated rings. The molecule has 0 saturated heterocycles. The van der Waals surface area contributed by atoms with Crippen LogP contribution in [-0.2, 0) is 10.3 Å². The number of carbonyl (C=O) groups is 1. The molecule has 4 heteroatoms. The largest absolute Gasteiger partial charge is 0.352 e. The van der Waals surface area contributed by atoms with Crippen LogP contribution in [-0.4, -0.2) is 18.5 Å². The first-order valence-electron chi connectivity index (χ1n) is 7.48. The topological polar surface area (TPSA) is 41.1 Å². The molecule has 0 atom stereocenters. The fourth-order valence-corrected chi connectivity index (χ4v) is 3.27. The van der Waals surface area contributed by atoms with Crippen LogP contribution >= 0.6 is 11.6 Å². The van der Waals surface area contributed by atoms with Crippen molar-refractivity contribution in [1.82, 2.24) is 10.6 Å². The molecule has 1 amide bonds. The Kier molecular flexibility index (Phi) is 3.99. The highest BCUT2D eigenvalue weighted by Gasteiger charge is 2.44. The Balaban J connectivity index is 1.53. The van der Waals surface area contributed by atoms with Gasteiger partial charge in [-0.15, -0.1) is 0 Å². The van der Waals surface area contributed by atoms with Gasteiger partial charge in [0.05, 0.1) is 6.54 Å². The Bertz CT molecular complexity index is 493. The Morgan fingerprint density at radius 3 is 2.70 bits per heavy atom. The molecule has 0 bridgehead atoms. The molecule has 108 valence electrons. The first kappa shape index (κ1) is 13.9. The molecule has 2 aliphatic rings. The van der Waals surface area contributed by atoms with Gasteiger partial charge >= 0.3 is 0 Å². The number of amides is 1. The van der Waals surface area contributed by atoms with E-state index in [0.717, 1.165) is 30.7 Å². The van der Waals surface area contributed by atoms with Crippen molar-refractivity contribution < 1.29 is 4.79 Å². The quantitative estimate of drug-likeness (QED) is 0.876. The Morgan fingerprint density at radius 2 is 2.05 bits per heavy atom. The molecule has 0 heterocycles. The summed E-state index contributed by atoms with van der Waals surface area (Å²) in [5.74, 6) is 0.116. The summed E-state index contributed by atoms with van der Waals surface area (Å²) in [6.45, 7) is 0.392. The summed E-state index contributed by atoms with van der Waals surface area (Å²) >= 11 is 6.05. The third-order valence-electron chi connectivity index (χ3n) is 4.43. The lowest BCUT2D eigenvalue weighted by Crippen LogP contribution is -2.42. The van der Waals surface area contributed by atoms with Crippen LogP contribution < -0.4 is 10.6 Å². The van der Waals surface area contributed by atoms with Gasteiger partial charge in [0.25, 0.3) is 0 Å². The van der Waals surface area contributed by atoms with Gasteiger partial charge in [0.1, 0.15) is 0 Å². The maximum Gasteiger partial charge on any atom is 0.234 e. The molecule has 0 unspecified atom stereocenters. The van der Waals surface area contributed by atoms with Crippen LogP contribution in [0.2, 0.25) is 5.02 Å². The van der Waals surface area contributed by atoms with Gasteiger partial charge in [0, 0.05) is 16.6 Å². The van der Waals surface area contributed by atoms with Crippen molar-refractivity contribution in [1.29, 1.82) is 0 Å². The fourth-order valence-electron chi connectivity index (χ4n) is 3.08. The van der Waals surface area contributed by atoms with Crippen molar-refractivity contribution in [2.75, 3.05) is 6.54 Å². The van der Waals surface area contributed by atoms with Crippen molar-refractivity contribution in [3.05, 3.63) is 34.9 Å². The molecule has 2 saturated carbocycles. The molecule has 0 spiro atoms. The molecule has 1 aromatic rings. The van der Waals surface area contributed by atoms with Gasteiger partial charge in [0.2, 0.25) is 5.91 Å². The third-order valence-corrected chi connectivity index (χ3v) is 4.67. The van der Waals surface area contributed by atoms with Crippen molar-refractivity contribution in [3.8, 4) is 0 Å². The van der Waals surface area contributed by atoms with Crippen molar-refractivity contribution in [3.63, 3.8) is 0 Å². The zero-order valence-corrected chi connectivity index (χ0v) is 12.4. The van der Waals surface area contributed by atoms with Gasteiger partial charge < -0.3 is 5.32 Å². The number of nitrogens with one attached hydrogen (secondary N) is 2. The van der Waals surface area contributed by atoms with Crippen molar-refractivity contribution >= 4 is 17.5 Å². The summed E-state index contributed by atoms with van der Waals surface area (Å²) in [7, 11) is 0. The number of benzene rings is 1. The number of hydrogen-bond acceptors (Lipinski definition) is 2. The molecule has 3 rings (SSSR count). The van der Waals surface area contributed by atoms with Crippen LogP contribution in [0, 0.1) is 0 Å². The van der Waals surface area contributed by atoms with Gasteiger partial charge in [0.15, 0.2) is 0 Å². The minimum absolute atomic E-state index is 0.0298. The van der Waals surface area contributed by atoms with E-state index in [-0.39, 0.29) is 11.4 Å². The lowest BCUT2D eigenvalue weighted by molar-refractivity contribution is -0.121. The minimum atomic E-state index is -0.0298. The molecule has 0 aliphatic heterocycles. The van der Waals surface area contributed by atoms with Gasteiger partial charge in [-0.25, -0.2) is 0 Å². The SMILES string of the molecule is O=C(CNC1(c2cccc(Cl)c2)CC1)NC1CCCC1. The summed E-state index contributed by atoms with van der Waals surface area (Å²) in [6, 6.07) is 8.33. The van der Waals surface area contributed by atoms with Gasteiger partial charge in [-0.2, -0.15) is 0 Å². The van der Waals surface area contributed by atoms with Crippen LogP contribution in [0.25, 0.3) is 0 Å². The normalized spacial score (nSPS) is 20.9. The number of hydrogen-bond donors (Lipinski definition) is 2. The van der Waals surface area contributed by atoms with E-state index in [9.17, 15) is 4.79 Å². The summed E-state index contributed by atoms with van der Waals surface area (Å²) in [6.07, 6.45) is 6.89. The second-order valence-corrected chi connectivity index (χ2v) is 6.43. The molecule has 0 radical (unpaired) electrons. The standard InChI is InChI=1S/C16H21ClN2O/c17-13-5-3-4-12(10-13)16(8-9-16)18-11-15(20)19-14-6-1-2-7-14/h3-5,10,14,18H,1-2,6-9,11H2,(H,19,20). The van der Waals surface area contributed by atoms with E-state index in [4.69, 9.17) is 11.6 Å². The minimum Gasteiger partial charge on any atom is -0.352 e. The molecular weight excluding hydrogens is 272 g/mol. The van der Waals surface area contributed by atoms with Gasteiger partial charge in [-0.1, -0.05) is 36.6 Å². The summed E-state index contributed by atoms with van der Waals surface area (Å²) in [5, 5.41) is 7.29. The zero-order valence-electron chi connectivity index (χ0n) is 11.6. The van der Waals surface area contributed by atoms with Crippen molar-refractivity contribution in [2.24, 2.45) is 0 Å². The second-order valence-electron chi connectivity index (χ2n) is 5.99. The maximum atomic E-state index is 12.0. The molecule has 0 aromatic heterocycles. The lowest BCUT2D eigenvalue weighted by Gasteiger charge is -2.19. The molecule has 2 aliphatic carbocycles. The molecule has 3 nitrogen and oxygen atoms in total. The summed E-state index contributed by atoms with van der Waals surface area (Å²) in [5.41, 5.74) is 1.16. The van der Waals surface area contributed by atoms with E-state index in [1.807, 2.05) is 18.2 Å². The summed E-state index contributed by atoms with van der Waals surface area (Å²) < 4.78 is 0. The van der Waals surface area contributed by atoms with E-state index in [2.05, 4.69) is 16.7 Å². The van der Waals surface area contributed by atoms with Crippen LogP contribution in [0.1, 0.15) is 44.1 Å². The maximum absolute atomic E-state index is 12.0. The average molecular weight is 293 g/mol. The van der Waals surface area contributed by atoms with E-state index >= 15 is 0 Å². The number of carbonyl (C=O) groups excluding carboxylic acids is 1. The average Bonchev–Trinajstić information content (AvgIpc) is 3.07. The summed E-state index contributed by atoms with van der Waals surface area (Å²) in [4.78, 5) is 12.0. The Labute approximate surface area is 125 Å². The van der Waals surface area contributed by atoms with Crippen molar-refractivity contribution in [2.45, 2.75) is 50.1 Å². The second kappa shape index (κ2) is 5.74. The lowest BCUT2D eigenvalue weighted by atomic mass is 10.1. The highest BCUT2D eigenvalue weighted by Crippen LogP contribution is 2.45. The highest BCUT2D eigenvalue weighted by molar-refractivity contribution is 6.30. The predicted octanol–water partition coefficient (Wildman–Crippen LogP) is 2.98. The first-order chi connectivity index (χ1) is 9.68. The van der Waals surface area contributed by atoms with E-state index < -0.39 is 0 Å². The zero-order chi connectivity index (χ0) is 14.0. The molecule has 2 N–H and O–H groups in total. The van der Waals surface area contributed by atoms with E-state index in [0.29, 0.717) is 12.6 Å². The van der Waals surface area contributed by atoms with Gasteiger partial charge in [-0.05, 0) is 43.4 Å². The van der Waals surface area contributed by atoms with Crippen LogP contribution in [0.15, 0.2) is 24.3 Å². The third kappa shape index (κ3) is 3.15. The molecular formula is C16H21ClN2O. The molecule has 20 heavy (non-hydrogen) atoms. The highest BCUT2D eigenvalue weighted by atomic mass is 35.5. The number of rotatable bonds is 5. The van der Waals surface area contributed by atoms with E-state index in [1.165, 1.54) is 18.4 Å². The number of halogens is 1. The van der Waals surface area contributed by atoms with Crippen LogP contribution in [0.3, 0.4) is 0 Å². The van der Waals surface area contributed by atoms with Crippen LogP contribution in [0.4, 0.5) is 0 Å². The fraction of sp³-hybridized carbons (Fsp3) is 0.562. The monoisotopic (exact) mass is 292 g/mol. The Hall–Kier alpha value is -1.06. The van der Waals surface area contributed by atoms with Gasteiger partial charge in [-0.3, -0.25) is 10.1 Å². The molecule has 1 aromatic carbocycles. The first-order valence-corrected chi connectivity index (χ1v) is 7.86.